The van der Waals surface area contributed by atoms with E-state index in [0.717, 1.165) is 5.57 Å². The van der Waals surface area contributed by atoms with Crippen LogP contribution in [-0.2, 0) is 0 Å². The van der Waals surface area contributed by atoms with Crippen molar-refractivity contribution in [2.45, 2.75) is 37.9 Å². The van der Waals surface area contributed by atoms with Gasteiger partial charge in [-0.15, -0.1) is 0 Å². The monoisotopic (exact) mass is 142 g/mol. The Balaban J connectivity index is 2.88. The number of hydrogen-bond acceptors (Lipinski definition) is 2. The molecule has 0 spiro atoms. The number of aliphatic hydroxyl groups is 2. The van der Waals surface area contributed by atoms with Gasteiger partial charge in [-0.1, -0.05) is 12.2 Å². The van der Waals surface area contributed by atoms with Gasteiger partial charge in [0.05, 0.1) is 11.2 Å². The summed E-state index contributed by atoms with van der Waals surface area (Å²) < 4.78 is 0. The maximum atomic E-state index is 9.58. The second kappa shape index (κ2) is 1.83. The molecule has 0 aromatic rings. The minimum absolute atomic E-state index is 0.514. The topological polar surface area (TPSA) is 40.5 Å². The minimum atomic E-state index is -0.982. The molecular weight excluding hydrogens is 128 g/mol. The molecule has 1 fully saturated rings. The second-order valence-electron chi connectivity index (χ2n) is 3.65. The van der Waals surface area contributed by atoms with Gasteiger partial charge in [-0.2, -0.15) is 0 Å². The number of hydrogen-bond donors (Lipinski definition) is 2. The fraction of sp³-hybridized carbons (Fsp3) is 0.750. The highest BCUT2D eigenvalue weighted by Crippen LogP contribution is 2.40. The average Bonchev–Trinajstić information content (AvgIpc) is 1.73. The summed E-state index contributed by atoms with van der Waals surface area (Å²) in [6.07, 6.45) is 1.03. The molecule has 0 aromatic heterocycles. The Bertz CT molecular complexity index is 150. The van der Waals surface area contributed by atoms with Gasteiger partial charge in [0.25, 0.3) is 0 Å². The van der Waals surface area contributed by atoms with Crippen LogP contribution in [0.4, 0.5) is 0 Å². The molecule has 0 bridgehead atoms. The van der Waals surface area contributed by atoms with Crippen LogP contribution >= 0.6 is 0 Å². The third kappa shape index (κ3) is 0.976. The lowest BCUT2D eigenvalue weighted by atomic mass is 9.90. The molecule has 2 atom stereocenters. The van der Waals surface area contributed by atoms with Crippen LogP contribution in [0.25, 0.3) is 0 Å². The van der Waals surface area contributed by atoms with Crippen molar-refractivity contribution in [3.63, 3.8) is 0 Å². The molecule has 1 aliphatic carbocycles. The predicted octanol–water partition coefficient (Wildman–Crippen LogP) is 0.838. The Morgan fingerprint density at radius 1 is 1.20 bits per heavy atom. The lowest BCUT2D eigenvalue weighted by Gasteiger charge is -2.30. The van der Waals surface area contributed by atoms with Gasteiger partial charge in [0.1, 0.15) is 0 Å². The summed E-state index contributed by atoms with van der Waals surface area (Å²) in [4.78, 5) is 0. The van der Waals surface area contributed by atoms with E-state index in [4.69, 9.17) is 0 Å². The van der Waals surface area contributed by atoms with E-state index in [1.807, 2.05) is 0 Å². The molecule has 0 amide bonds. The lowest BCUT2D eigenvalue weighted by Crippen LogP contribution is -2.44. The Hall–Kier alpha value is -0.340. The highest BCUT2D eigenvalue weighted by atomic mass is 16.4. The first-order valence-electron chi connectivity index (χ1n) is 3.46. The van der Waals surface area contributed by atoms with Crippen LogP contribution in [0, 0.1) is 0 Å². The zero-order valence-electron chi connectivity index (χ0n) is 6.52. The third-order valence-corrected chi connectivity index (χ3v) is 2.35. The van der Waals surface area contributed by atoms with E-state index in [-0.39, 0.29) is 0 Å². The largest absolute Gasteiger partial charge is 0.387 e. The fourth-order valence-electron chi connectivity index (χ4n) is 1.42. The first-order valence-corrected chi connectivity index (χ1v) is 3.46. The van der Waals surface area contributed by atoms with E-state index in [9.17, 15) is 10.2 Å². The Morgan fingerprint density at radius 3 is 1.60 bits per heavy atom. The standard InChI is InChI=1S/C8H14O2/c1-6-4-7(2,9)8(3,10)5-6/h9-10H,1,4-5H2,2-3H3. The third-order valence-electron chi connectivity index (χ3n) is 2.35. The zero-order chi connectivity index (χ0) is 7.99. The Labute approximate surface area is 61.2 Å². The van der Waals surface area contributed by atoms with E-state index in [0.29, 0.717) is 12.8 Å². The van der Waals surface area contributed by atoms with Crippen molar-refractivity contribution in [3.05, 3.63) is 12.2 Å². The van der Waals surface area contributed by atoms with E-state index in [1.54, 1.807) is 13.8 Å². The van der Waals surface area contributed by atoms with Crippen LogP contribution in [0.1, 0.15) is 26.7 Å². The van der Waals surface area contributed by atoms with Crippen molar-refractivity contribution in [2.24, 2.45) is 0 Å². The van der Waals surface area contributed by atoms with Gasteiger partial charge in [0.2, 0.25) is 0 Å². The molecule has 1 saturated carbocycles. The molecule has 2 N–H and O–H groups in total. The van der Waals surface area contributed by atoms with Gasteiger partial charge in [0.15, 0.2) is 0 Å². The maximum absolute atomic E-state index is 9.58. The van der Waals surface area contributed by atoms with E-state index >= 15 is 0 Å². The summed E-state index contributed by atoms with van der Waals surface area (Å²) in [7, 11) is 0. The van der Waals surface area contributed by atoms with Gasteiger partial charge in [-0.25, -0.2) is 0 Å². The highest BCUT2D eigenvalue weighted by Gasteiger charge is 2.47. The Morgan fingerprint density at radius 2 is 1.50 bits per heavy atom. The number of rotatable bonds is 0. The van der Waals surface area contributed by atoms with E-state index in [1.165, 1.54) is 0 Å². The molecule has 0 aliphatic heterocycles. The van der Waals surface area contributed by atoms with Gasteiger partial charge in [0, 0.05) is 0 Å². The molecule has 58 valence electrons. The first-order chi connectivity index (χ1) is 4.35. The van der Waals surface area contributed by atoms with Crippen LogP contribution in [0.5, 0.6) is 0 Å². The fourth-order valence-corrected chi connectivity index (χ4v) is 1.42. The summed E-state index contributed by atoms with van der Waals surface area (Å²) >= 11 is 0. The van der Waals surface area contributed by atoms with Crippen molar-refractivity contribution in [3.8, 4) is 0 Å². The first kappa shape index (κ1) is 7.76. The minimum Gasteiger partial charge on any atom is -0.387 e. The molecule has 2 heteroatoms. The normalized spacial score (nSPS) is 48.2. The predicted molar refractivity (Wildman–Crippen MR) is 39.6 cm³/mol. The summed E-state index contributed by atoms with van der Waals surface area (Å²) in [5.41, 5.74) is -1.04. The smallest absolute Gasteiger partial charge is 0.0942 e. The molecule has 0 aromatic carbocycles. The van der Waals surface area contributed by atoms with Crippen molar-refractivity contribution >= 4 is 0 Å². The molecular formula is C8H14O2. The summed E-state index contributed by atoms with van der Waals surface area (Å²) in [5.74, 6) is 0. The molecule has 2 unspecified atom stereocenters. The summed E-state index contributed by atoms with van der Waals surface area (Å²) in [5, 5.41) is 19.2. The molecule has 1 aliphatic rings. The molecule has 1 rings (SSSR count). The molecule has 0 saturated heterocycles. The SMILES string of the molecule is C=C1CC(C)(O)C(C)(O)C1. The molecule has 0 heterocycles. The summed E-state index contributed by atoms with van der Waals surface area (Å²) in [6.45, 7) is 7.01. The van der Waals surface area contributed by atoms with Gasteiger partial charge in [-0.05, 0) is 26.7 Å². The molecule has 2 nitrogen and oxygen atoms in total. The Kier molecular flexibility index (Phi) is 1.42. The van der Waals surface area contributed by atoms with Gasteiger partial charge in [-0.3, -0.25) is 0 Å². The summed E-state index contributed by atoms with van der Waals surface area (Å²) in [6, 6.07) is 0. The quantitative estimate of drug-likeness (QED) is 0.492. The average molecular weight is 142 g/mol. The van der Waals surface area contributed by atoms with E-state index in [2.05, 4.69) is 6.58 Å². The van der Waals surface area contributed by atoms with Gasteiger partial charge >= 0.3 is 0 Å². The van der Waals surface area contributed by atoms with Crippen LogP contribution in [-0.4, -0.2) is 21.4 Å². The van der Waals surface area contributed by atoms with Crippen molar-refractivity contribution < 1.29 is 10.2 Å². The second-order valence-corrected chi connectivity index (χ2v) is 3.65. The lowest BCUT2D eigenvalue weighted by molar-refractivity contribution is -0.107. The van der Waals surface area contributed by atoms with Crippen LogP contribution in [0.2, 0.25) is 0 Å². The van der Waals surface area contributed by atoms with Crippen LogP contribution < -0.4 is 0 Å². The molecule has 0 radical (unpaired) electrons. The van der Waals surface area contributed by atoms with E-state index < -0.39 is 11.2 Å². The highest BCUT2D eigenvalue weighted by molar-refractivity contribution is 5.18. The van der Waals surface area contributed by atoms with Gasteiger partial charge < -0.3 is 10.2 Å². The van der Waals surface area contributed by atoms with Crippen LogP contribution in [0.15, 0.2) is 12.2 Å². The van der Waals surface area contributed by atoms with Crippen molar-refractivity contribution in [1.82, 2.24) is 0 Å². The van der Waals surface area contributed by atoms with Crippen molar-refractivity contribution in [2.75, 3.05) is 0 Å². The van der Waals surface area contributed by atoms with Crippen LogP contribution in [0.3, 0.4) is 0 Å². The molecule has 10 heavy (non-hydrogen) atoms. The van der Waals surface area contributed by atoms with Crippen molar-refractivity contribution in [1.29, 1.82) is 0 Å². The zero-order valence-corrected chi connectivity index (χ0v) is 6.52. The maximum Gasteiger partial charge on any atom is 0.0942 e.